The number of rotatable bonds is 1. The van der Waals surface area contributed by atoms with Gasteiger partial charge in [0, 0.05) is 12.3 Å². The summed E-state index contributed by atoms with van der Waals surface area (Å²) in [7, 11) is 0. The van der Waals surface area contributed by atoms with Crippen molar-refractivity contribution in [2.45, 2.75) is 0 Å². The van der Waals surface area contributed by atoms with Gasteiger partial charge in [-0.05, 0) is 29.3 Å². The summed E-state index contributed by atoms with van der Waals surface area (Å²) in [5, 5.41) is 8.73. The molecule has 0 radical (unpaired) electrons. The van der Waals surface area contributed by atoms with E-state index in [4.69, 9.17) is 5.26 Å². The zero-order valence-electron chi connectivity index (χ0n) is 7.81. The smallest absolute Gasteiger partial charge is 0.213 e. The van der Waals surface area contributed by atoms with E-state index in [2.05, 4.69) is 4.98 Å². The van der Waals surface area contributed by atoms with Gasteiger partial charge in [0.15, 0.2) is 0 Å². The quantitative estimate of drug-likeness (QED) is 0.660. The van der Waals surface area contributed by atoms with Crippen molar-refractivity contribution in [2.24, 2.45) is 0 Å². The van der Waals surface area contributed by atoms with Crippen LogP contribution >= 0.6 is 0 Å². The molecule has 0 amide bonds. The molecule has 0 atom stereocenters. The summed E-state index contributed by atoms with van der Waals surface area (Å²) in [5.74, 6) is -0.519. The molecular formula is C12H7FN2. The second-order valence-electron chi connectivity index (χ2n) is 3.06. The Balaban J connectivity index is 2.50. The van der Waals surface area contributed by atoms with Gasteiger partial charge >= 0.3 is 0 Å². The first-order chi connectivity index (χ1) is 7.29. The van der Waals surface area contributed by atoms with Crippen molar-refractivity contribution in [3.05, 3.63) is 54.1 Å². The maximum Gasteiger partial charge on any atom is 0.213 e. The number of nitrogens with zero attached hydrogens (tertiary/aromatic N) is 2. The summed E-state index contributed by atoms with van der Waals surface area (Å²) < 4.78 is 12.9. The number of pyridine rings is 1. The van der Waals surface area contributed by atoms with Gasteiger partial charge in [-0.15, -0.1) is 0 Å². The maximum absolute atomic E-state index is 12.9. The molecule has 0 N–H and O–H groups in total. The average Bonchev–Trinajstić information content (AvgIpc) is 2.29. The number of hydrogen-bond acceptors (Lipinski definition) is 2. The fraction of sp³-hybridized carbons (Fsp3) is 0. The number of benzene rings is 1. The van der Waals surface area contributed by atoms with Crippen LogP contribution in [-0.2, 0) is 0 Å². The molecule has 1 aromatic heterocycles. The van der Waals surface area contributed by atoms with Gasteiger partial charge in [-0.25, -0.2) is 4.98 Å². The highest BCUT2D eigenvalue weighted by Crippen LogP contribution is 2.19. The Kier molecular flexibility index (Phi) is 2.42. The summed E-state index contributed by atoms with van der Waals surface area (Å²) in [6.07, 6.45) is 1.41. The van der Waals surface area contributed by atoms with Crippen molar-refractivity contribution in [2.75, 3.05) is 0 Å². The first kappa shape index (κ1) is 9.35. The van der Waals surface area contributed by atoms with Crippen LogP contribution in [0.1, 0.15) is 5.56 Å². The SMILES string of the molecule is N#Cc1cccc(-c2ccnc(F)c2)c1. The van der Waals surface area contributed by atoms with Gasteiger partial charge in [-0.2, -0.15) is 9.65 Å². The van der Waals surface area contributed by atoms with E-state index in [0.717, 1.165) is 11.1 Å². The van der Waals surface area contributed by atoms with Crippen molar-refractivity contribution >= 4 is 0 Å². The largest absolute Gasteiger partial charge is 0.228 e. The third-order valence-electron chi connectivity index (χ3n) is 2.05. The Morgan fingerprint density at radius 2 is 1.93 bits per heavy atom. The summed E-state index contributed by atoms with van der Waals surface area (Å²) in [6.45, 7) is 0. The van der Waals surface area contributed by atoms with Crippen molar-refractivity contribution < 1.29 is 4.39 Å². The summed E-state index contributed by atoms with van der Waals surface area (Å²) >= 11 is 0. The highest BCUT2D eigenvalue weighted by molar-refractivity contribution is 5.64. The van der Waals surface area contributed by atoms with Crippen LogP contribution in [0, 0.1) is 17.3 Å². The minimum atomic E-state index is -0.519. The lowest BCUT2D eigenvalue weighted by molar-refractivity contribution is 0.584. The zero-order chi connectivity index (χ0) is 10.7. The lowest BCUT2D eigenvalue weighted by Crippen LogP contribution is -1.84. The van der Waals surface area contributed by atoms with E-state index >= 15 is 0 Å². The van der Waals surface area contributed by atoms with Crippen LogP contribution in [0.5, 0.6) is 0 Å². The van der Waals surface area contributed by atoms with Gasteiger partial charge in [0.25, 0.3) is 0 Å². The van der Waals surface area contributed by atoms with Crippen LogP contribution < -0.4 is 0 Å². The van der Waals surface area contributed by atoms with E-state index in [-0.39, 0.29) is 0 Å². The van der Waals surface area contributed by atoms with Crippen LogP contribution in [0.3, 0.4) is 0 Å². The molecule has 1 heterocycles. The van der Waals surface area contributed by atoms with Crippen molar-refractivity contribution in [3.63, 3.8) is 0 Å². The predicted molar refractivity (Wildman–Crippen MR) is 54.3 cm³/mol. The third-order valence-corrected chi connectivity index (χ3v) is 2.05. The van der Waals surface area contributed by atoms with Crippen LogP contribution in [0.25, 0.3) is 11.1 Å². The lowest BCUT2D eigenvalue weighted by atomic mass is 10.0. The average molecular weight is 198 g/mol. The first-order valence-corrected chi connectivity index (χ1v) is 4.42. The Morgan fingerprint density at radius 3 is 2.67 bits per heavy atom. The Hall–Kier alpha value is -2.21. The lowest BCUT2D eigenvalue weighted by Gasteiger charge is -2.01. The van der Waals surface area contributed by atoms with Crippen LogP contribution in [0.2, 0.25) is 0 Å². The summed E-state index contributed by atoms with van der Waals surface area (Å²) in [4.78, 5) is 3.48. The molecule has 0 saturated carbocycles. The second-order valence-corrected chi connectivity index (χ2v) is 3.06. The van der Waals surface area contributed by atoms with Gasteiger partial charge in [-0.3, -0.25) is 0 Å². The molecular weight excluding hydrogens is 191 g/mol. The maximum atomic E-state index is 12.9. The fourth-order valence-corrected chi connectivity index (χ4v) is 1.35. The molecule has 2 nitrogen and oxygen atoms in total. The fourth-order valence-electron chi connectivity index (χ4n) is 1.35. The van der Waals surface area contributed by atoms with Crippen molar-refractivity contribution in [1.29, 1.82) is 5.26 Å². The van der Waals surface area contributed by atoms with E-state index in [9.17, 15) is 4.39 Å². The Bertz CT molecular complexity index is 529. The second kappa shape index (κ2) is 3.89. The number of nitriles is 1. The molecule has 0 saturated heterocycles. The van der Waals surface area contributed by atoms with E-state index < -0.39 is 5.95 Å². The molecule has 0 aliphatic rings. The number of hydrogen-bond donors (Lipinski definition) is 0. The monoisotopic (exact) mass is 198 g/mol. The van der Waals surface area contributed by atoms with Gasteiger partial charge in [0.1, 0.15) is 0 Å². The van der Waals surface area contributed by atoms with E-state index in [1.165, 1.54) is 12.3 Å². The van der Waals surface area contributed by atoms with Crippen LogP contribution in [0.15, 0.2) is 42.6 Å². The minimum absolute atomic E-state index is 0.519. The van der Waals surface area contributed by atoms with E-state index in [1.54, 1.807) is 24.3 Å². The molecule has 72 valence electrons. The van der Waals surface area contributed by atoms with Gasteiger partial charge in [0.05, 0.1) is 11.6 Å². The third kappa shape index (κ3) is 2.00. The molecule has 3 heteroatoms. The highest BCUT2D eigenvalue weighted by Gasteiger charge is 2.00. The molecule has 0 aliphatic heterocycles. The summed E-state index contributed by atoms with van der Waals surface area (Å²) in [6, 6.07) is 12.1. The molecule has 2 aromatic rings. The van der Waals surface area contributed by atoms with E-state index in [0.29, 0.717) is 5.56 Å². The van der Waals surface area contributed by atoms with Gasteiger partial charge in [0.2, 0.25) is 5.95 Å². The van der Waals surface area contributed by atoms with E-state index in [1.807, 2.05) is 12.1 Å². The number of aromatic nitrogens is 1. The van der Waals surface area contributed by atoms with Gasteiger partial charge in [-0.1, -0.05) is 12.1 Å². The molecule has 2 rings (SSSR count). The molecule has 0 bridgehead atoms. The zero-order valence-corrected chi connectivity index (χ0v) is 7.81. The standard InChI is InChI=1S/C12H7FN2/c13-12-7-11(4-5-15-12)10-3-1-2-9(6-10)8-14/h1-7H. The minimum Gasteiger partial charge on any atom is -0.228 e. The van der Waals surface area contributed by atoms with Crippen LogP contribution in [-0.4, -0.2) is 4.98 Å². The highest BCUT2D eigenvalue weighted by atomic mass is 19.1. The van der Waals surface area contributed by atoms with Crippen molar-refractivity contribution in [3.8, 4) is 17.2 Å². The molecule has 15 heavy (non-hydrogen) atoms. The normalized spacial score (nSPS) is 9.60. The van der Waals surface area contributed by atoms with Crippen molar-refractivity contribution in [1.82, 2.24) is 4.98 Å². The molecule has 1 aromatic carbocycles. The van der Waals surface area contributed by atoms with Gasteiger partial charge < -0.3 is 0 Å². The first-order valence-electron chi connectivity index (χ1n) is 4.42. The Labute approximate surface area is 86.6 Å². The molecule has 0 fully saturated rings. The molecule has 0 unspecified atom stereocenters. The number of halogens is 1. The molecule has 0 aliphatic carbocycles. The molecule has 0 spiro atoms. The summed E-state index contributed by atoms with van der Waals surface area (Å²) in [5.41, 5.74) is 2.10. The predicted octanol–water partition coefficient (Wildman–Crippen LogP) is 2.76. The topological polar surface area (TPSA) is 36.7 Å². The van der Waals surface area contributed by atoms with Crippen LogP contribution in [0.4, 0.5) is 4.39 Å². The Morgan fingerprint density at radius 1 is 1.13 bits per heavy atom.